The summed E-state index contributed by atoms with van der Waals surface area (Å²) in [7, 11) is -3.81. The molecule has 1 unspecified atom stereocenters. The highest BCUT2D eigenvalue weighted by Gasteiger charge is 2.23. The number of benzene rings is 1. The first kappa shape index (κ1) is 15.2. The van der Waals surface area contributed by atoms with E-state index in [1.54, 1.807) is 0 Å². The number of nitrogens with zero attached hydrogens (tertiary/aromatic N) is 1. The van der Waals surface area contributed by atoms with Gasteiger partial charge in [-0.15, -0.1) is 0 Å². The highest BCUT2D eigenvalue weighted by Crippen LogP contribution is 2.27. The zero-order valence-electron chi connectivity index (χ0n) is 10.4. The average Bonchev–Trinajstić information content (AvgIpc) is 2.89. The fourth-order valence-corrected chi connectivity index (χ4v) is 3.16. The first-order valence-corrected chi connectivity index (χ1v) is 7.81. The van der Waals surface area contributed by atoms with Crippen LogP contribution >= 0.6 is 11.6 Å². The summed E-state index contributed by atoms with van der Waals surface area (Å²) < 4.78 is 31.8. The third kappa shape index (κ3) is 3.45. The molecule has 1 saturated heterocycles. The molecule has 1 heterocycles. The Morgan fingerprint density at radius 3 is 2.85 bits per heavy atom. The summed E-state index contributed by atoms with van der Waals surface area (Å²) in [5, 5.41) is 10.7. The van der Waals surface area contributed by atoms with Gasteiger partial charge in [0, 0.05) is 19.2 Å². The lowest BCUT2D eigenvalue weighted by Crippen LogP contribution is -2.31. The molecule has 0 amide bonds. The van der Waals surface area contributed by atoms with Gasteiger partial charge in [0.15, 0.2) is 0 Å². The lowest BCUT2D eigenvalue weighted by molar-refractivity contribution is -0.384. The summed E-state index contributed by atoms with van der Waals surface area (Å²) in [5.41, 5.74) is -0.438. The van der Waals surface area contributed by atoms with Gasteiger partial charge in [-0.1, -0.05) is 11.6 Å². The molecule has 1 atom stereocenters. The van der Waals surface area contributed by atoms with Crippen molar-refractivity contribution in [2.45, 2.75) is 23.8 Å². The van der Waals surface area contributed by atoms with Crippen LogP contribution in [0.3, 0.4) is 0 Å². The van der Waals surface area contributed by atoms with Crippen molar-refractivity contribution in [3.8, 4) is 0 Å². The van der Waals surface area contributed by atoms with E-state index in [9.17, 15) is 18.5 Å². The van der Waals surface area contributed by atoms with E-state index in [0.717, 1.165) is 18.9 Å². The highest BCUT2D eigenvalue weighted by molar-refractivity contribution is 7.89. The quantitative estimate of drug-likeness (QED) is 0.657. The molecular weight excluding hydrogens is 308 g/mol. The minimum Gasteiger partial charge on any atom is -0.377 e. The summed E-state index contributed by atoms with van der Waals surface area (Å²) in [4.78, 5) is 9.84. The summed E-state index contributed by atoms with van der Waals surface area (Å²) in [6.45, 7) is 0.775. The van der Waals surface area contributed by atoms with E-state index in [1.165, 1.54) is 12.1 Å². The van der Waals surface area contributed by atoms with E-state index in [2.05, 4.69) is 4.72 Å². The monoisotopic (exact) mass is 320 g/mol. The van der Waals surface area contributed by atoms with Gasteiger partial charge < -0.3 is 4.74 Å². The van der Waals surface area contributed by atoms with Crippen molar-refractivity contribution in [2.24, 2.45) is 0 Å². The molecule has 1 aliphatic heterocycles. The standard InChI is InChI=1S/C11H13ClN2O5S/c12-10-4-3-9(6-11(10)14(15)16)20(17,18)13-7-8-2-1-5-19-8/h3-4,6,8,13H,1-2,5,7H2. The van der Waals surface area contributed by atoms with Crippen molar-refractivity contribution in [3.05, 3.63) is 33.3 Å². The van der Waals surface area contributed by atoms with E-state index in [1.807, 2.05) is 0 Å². The first-order chi connectivity index (χ1) is 9.40. The molecule has 0 saturated carbocycles. The average molecular weight is 321 g/mol. The minimum atomic E-state index is -3.81. The minimum absolute atomic E-state index is 0.104. The number of rotatable bonds is 5. The molecule has 1 fully saturated rings. The van der Waals surface area contributed by atoms with Crippen molar-refractivity contribution in [1.82, 2.24) is 4.72 Å². The molecule has 0 bridgehead atoms. The lowest BCUT2D eigenvalue weighted by Gasteiger charge is -2.11. The first-order valence-electron chi connectivity index (χ1n) is 5.95. The number of nitro groups is 1. The molecule has 0 spiro atoms. The molecule has 0 aromatic heterocycles. The van der Waals surface area contributed by atoms with Crippen molar-refractivity contribution in [3.63, 3.8) is 0 Å². The second kappa shape index (κ2) is 6.04. The second-order valence-corrected chi connectivity index (χ2v) is 6.53. The van der Waals surface area contributed by atoms with Crippen LogP contribution in [0.15, 0.2) is 23.1 Å². The molecule has 110 valence electrons. The third-order valence-electron chi connectivity index (χ3n) is 2.95. The SMILES string of the molecule is O=[N+]([O-])c1cc(S(=O)(=O)NCC2CCCO2)ccc1Cl. The van der Waals surface area contributed by atoms with Gasteiger partial charge in [-0.05, 0) is 25.0 Å². The van der Waals surface area contributed by atoms with E-state index in [0.29, 0.717) is 6.61 Å². The molecular formula is C11H13ClN2O5S. The number of hydrogen-bond acceptors (Lipinski definition) is 5. The highest BCUT2D eigenvalue weighted by atomic mass is 35.5. The molecule has 1 aromatic rings. The van der Waals surface area contributed by atoms with Crippen LogP contribution in [0.1, 0.15) is 12.8 Å². The van der Waals surface area contributed by atoms with Crippen LogP contribution in [0.2, 0.25) is 5.02 Å². The Morgan fingerprint density at radius 1 is 1.50 bits per heavy atom. The van der Waals surface area contributed by atoms with Crippen LogP contribution < -0.4 is 4.72 Å². The Hall–Kier alpha value is -1.22. The number of nitrogens with one attached hydrogen (secondary N) is 1. The Bertz CT molecular complexity index is 613. The maximum absolute atomic E-state index is 12.0. The van der Waals surface area contributed by atoms with Gasteiger partial charge in [0.25, 0.3) is 5.69 Å². The lowest BCUT2D eigenvalue weighted by atomic mass is 10.2. The van der Waals surface area contributed by atoms with E-state index in [-0.39, 0.29) is 22.6 Å². The Balaban J connectivity index is 2.16. The molecule has 20 heavy (non-hydrogen) atoms. The van der Waals surface area contributed by atoms with E-state index in [4.69, 9.17) is 16.3 Å². The van der Waals surface area contributed by atoms with Crippen molar-refractivity contribution in [2.75, 3.05) is 13.2 Å². The molecule has 7 nitrogen and oxygen atoms in total. The van der Waals surface area contributed by atoms with Crippen LogP contribution in [0.5, 0.6) is 0 Å². The molecule has 0 aliphatic carbocycles. The Labute approximate surface area is 121 Å². The molecule has 1 aromatic carbocycles. The molecule has 1 aliphatic rings. The summed E-state index contributed by atoms with van der Waals surface area (Å²) >= 11 is 5.65. The Kier molecular flexibility index (Phi) is 4.59. The van der Waals surface area contributed by atoms with Crippen LogP contribution in [0.4, 0.5) is 5.69 Å². The molecule has 0 radical (unpaired) electrons. The van der Waals surface area contributed by atoms with Crippen LogP contribution in [0, 0.1) is 10.1 Å². The van der Waals surface area contributed by atoms with Crippen LogP contribution in [-0.4, -0.2) is 32.6 Å². The number of nitro benzene ring substituents is 1. The van der Waals surface area contributed by atoms with Gasteiger partial charge in [0.1, 0.15) is 5.02 Å². The van der Waals surface area contributed by atoms with Gasteiger partial charge >= 0.3 is 0 Å². The number of sulfonamides is 1. The number of halogens is 1. The summed E-state index contributed by atoms with van der Waals surface area (Å²) in [6.07, 6.45) is 1.55. The van der Waals surface area contributed by atoms with E-state index >= 15 is 0 Å². The number of ether oxygens (including phenoxy) is 1. The zero-order chi connectivity index (χ0) is 14.8. The number of hydrogen-bond donors (Lipinski definition) is 1. The second-order valence-electron chi connectivity index (χ2n) is 4.36. The zero-order valence-corrected chi connectivity index (χ0v) is 12.0. The normalized spacial score (nSPS) is 19.1. The topological polar surface area (TPSA) is 98.5 Å². The van der Waals surface area contributed by atoms with Gasteiger partial charge in [-0.2, -0.15) is 0 Å². The predicted octanol–water partition coefficient (Wildman–Crippen LogP) is 1.71. The van der Waals surface area contributed by atoms with Gasteiger partial charge in [-0.3, -0.25) is 10.1 Å². The van der Waals surface area contributed by atoms with Crippen molar-refractivity contribution in [1.29, 1.82) is 0 Å². The summed E-state index contributed by atoms with van der Waals surface area (Å²) in [5.74, 6) is 0. The largest absolute Gasteiger partial charge is 0.377 e. The van der Waals surface area contributed by atoms with Crippen LogP contribution in [-0.2, 0) is 14.8 Å². The van der Waals surface area contributed by atoms with Gasteiger partial charge in [-0.25, -0.2) is 13.1 Å². The Morgan fingerprint density at radius 2 is 2.25 bits per heavy atom. The maximum Gasteiger partial charge on any atom is 0.289 e. The summed E-state index contributed by atoms with van der Waals surface area (Å²) in [6, 6.07) is 3.37. The fraction of sp³-hybridized carbons (Fsp3) is 0.455. The van der Waals surface area contributed by atoms with Crippen molar-refractivity contribution >= 4 is 27.3 Å². The molecule has 1 N–H and O–H groups in total. The maximum atomic E-state index is 12.0. The molecule has 2 rings (SSSR count). The molecule has 9 heteroatoms. The fourth-order valence-electron chi connectivity index (χ4n) is 1.89. The van der Waals surface area contributed by atoms with E-state index < -0.39 is 20.6 Å². The van der Waals surface area contributed by atoms with Crippen molar-refractivity contribution < 1.29 is 18.1 Å². The van der Waals surface area contributed by atoms with Gasteiger partial charge in [0.05, 0.1) is 15.9 Å². The third-order valence-corrected chi connectivity index (χ3v) is 4.69. The predicted molar refractivity (Wildman–Crippen MR) is 72.3 cm³/mol. The van der Waals surface area contributed by atoms with Gasteiger partial charge in [0.2, 0.25) is 10.0 Å². The smallest absolute Gasteiger partial charge is 0.289 e. The van der Waals surface area contributed by atoms with Crippen LogP contribution in [0.25, 0.3) is 0 Å².